The Morgan fingerprint density at radius 1 is 1.23 bits per heavy atom. The van der Waals surface area contributed by atoms with Gasteiger partial charge in [-0.3, -0.25) is 9.59 Å². The SMILES string of the molecule is Cc1cc(C(=O)N2CCC3(CCC(=O)N([C@@H](C)C(=O)O)C3)CC2)c(C)o1. The van der Waals surface area contributed by atoms with Gasteiger partial charge in [-0.2, -0.15) is 0 Å². The van der Waals surface area contributed by atoms with Crippen LogP contribution in [-0.4, -0.2) is 58.4 Å². The van der Waals surface area contributed by atoms with Crippen molar-refractivity contribution in [2.24, 2.45) is 5.41 Å². The number of carbonyl (C=O) groups is 3. The molecule has 0 unspecified atom stereocenters. The molecule has 7 nitrogen and oxygen atoms in total. The Labute approximate surface area is 152 Å². The van der Waals surface area contributed by atoms with E-state index < -0.39 is 12.0 Å². The quantitative estimate of drug-likeness (QED) is 0.890. The summed E-state index contributed by atoms with van der Waals surface area (Å²) in [7, 11) is 0. The van der Waals surface area contributed by atoms with Gasteiger partial charge in [0.2, 0.25) is 5.91 Å². The van der Waals surface area contributed by atoms with Gasteiger partial charge in [-0.05, 0) is 51.5 Å². The first-order valence-electron chi connectivity index (χ1n) is 9.11. The van der Waals surface area contributed by atoms with Gasteiger partial charge < -0.3 is 19.3 Å². The molecule has 1 spiro atoms. The molecule has 3 rings (SSSR count). The predicted molar refractivity (Wildman–Crippen MR) is 93.8 cm³/mol. The Kier molecular flexibility index (Phi) is 4.82. The maximum Gasteiger partial charge on any atom is 0.326 e. The highest BCUT2D eigenvalue weighted by Crippen LogP contribution is 2.41. The molecule has 0 radical (unpaired) electrons. The molecule has 1 atom stereocenters. The van der Waals surface area contributed by atoms with E-state index in [1.165, 1.54) is 4.90 Å². The minimum atomic E-state index is -0.978. The molecule has 2 fully saturated rings. The lowest BCUT2D eigenvalue weighted by atomic mass is 9.72. The lowest BCUT2D eigenvalue weighted by Gasteiger charge is -2.48. The highest BCUT2D eigenvalue weighted by molar-refractivity contribution is 5.95. The van der Waals surface area contributed by atoms with Crippen LogP contribution in [-0.2, 0) is 9.59 Å². The third kappa shape index (κ3) is 3.34. The van der Waals surface area contributed by atoms with Crippen molar-refractivity contribution in [2.75, 3.05) is 19.6 Å². The fraction of sp³-hybridized carbons (Fsp3) is 0.632. The first-order valence-corrected chi connectivity index (χ1v) is 9.11. The molecule has 2 aliphatic rings. The minimum Gasteiger partial charge on any atom is -0.480 e. The number of amides is 2. The first kappa shape index (κ1) is 18.5. The van der Waals surface area contributed by atoms with E-state index in [4.69, 9.17) is 4.42 Å². The molecule has 0 aromatic carbocycles. The lowest BCUT2D eigenvalue weighted by Crippen LogP contribution is -2.55. The Bertz CT molecular complexity index is 730. The van der Waals surface area contributed by atoms with E-state index in [-0.39, 0.29) is 17.2 Å². The molecule has 2 saturated heterocycles. The topological polar surface area (TPSA) is 91.1 Å². The molecule has 0 aliphatic carbocycles. The maximum atomic E-state index is 12.7. The summed E-state index contributed by atoms with van der Waals surface area (Å²) in [4.78, 5) is 39.5. The number of carboxylic acid groups (broad SMARTS) is 1. The largest absolute Gasteiger partial charge is 0.480 e. The highest BCUT2D eigenvalue weighted by atomic mass is 16.4. The molecule has 7 heteroatoms. The second kappa shape index (κ2) is 6.78. The molecule has 1 aromatic rings. The second-order valence-corrected chi connectivity index (χ2v) is 7.65. The standard InChI is InChI=1S/C19H26N2O5/c1-12-10-15(14(3)26-12)17(23)20-8-6-19(7-9-20)5-4-16(22)21(11-19)13(2)18(24)25/h10,13H,4-9,11H2,1-3H3,(H,24,25)/t13-/m0/s1. The van der Waals surface area contributed by atoms with Crippen molar-refractivity contribution in [3.8, 4) is 0 Å². The summed E-state index contributed by atoms with van der Waals surface area (Å²) in [5.74, 6) is 0.278. The molecule has 2 amide bonds. The van der Waals surface area contributed by atoms with Crippen molar-refractivity contribution in [3.05, 3.63) is 23.2 Å². The van der Waals surface area contributed by atoms with Crippen LogP contribution >= 0.6 is 0 Å². The Morgan fingerprint density at radius 2 is 1.88 bits per heavy atom. The number of nitrogens with zero attached hydrogens (tertiary/aromatic N) is 2. The molecular formula is C19H26N2O5. The fourth-order valence-electron chi connectivity index (χ4n) is 4.14. The van der Waals surface area contributed by atoms with Gasteiger partial charge in [-0.15, -0.1) is 0 Å². The third-order valence-corrected chi connectivity index (χ3v) is 5.90. The van der Waals surface area contributed by atoms with Crippen LogP contribution in [0.4, 0.5) is 0 Å². The van der Waals surface area contributed by atoms with Crippen molar-refractivity contribution < 1.29 is 23.9 Å². The molecular weight excluding hydrogens is 336 g/mol. The number of carboxylic acids is 1. The molecule has 0 saturated carbocycles. The zero-order chi connectivity index (χ0) is 19.1. The summed E-state index contributed by atoms with van der Waals surface area (Å²) < 4.78 is 5.46. The zero-order valence-corrected chi connectivity index (χ0v) is 15.6. The Morgan fingerprint density at radius 3 is 2.42 bits per heavy atom. The van der Waals surface area contributed by atoms with Gasteiger partial charge in [0.05, 0.1) is 5.56 Å². The van der Waals surface area contributed by atoms with Crippen LogP contribution in [0.2, 0.25) is 0 Å². The number of rotatable bonds is 3. The minimum absolute atomic E-state index is 0.0168. The Balaban J connectivity index is 1.67. The number of piperidine rings is 2. The van der Waals surface area contributed by atoms with Gasteiger partial charge in [0.25, 0.3) is 5.91 Å². The summed E-state index contributed by atoms with van der Waals surface area (Å²) in [5, 5.41) is 9.25. The van der Waals surface area contributed by atoms with Crippen LogP contribution in [0, 0.1) is 19.3 Å². The van der Waals surface area contributed by atoms with Crippen LogP contribution in [0.5, 0.6) is 0 Å². The van der Waals surface area contributed by atoms with Crippen LogP contribution in [0.1, 0.15) is 54.5 Å². The van der Waals surface area contributed by atoms with Crippen LogP contribution in [0.25, 0.3) is 0 Å². The van der Waals surface area contributed by atoms with Gasteiger partial charge in [-0.25, -0.2) is 4.79 Å². The zero-order valence-electron chi connectivity index (χ0n) is 15.6. The molecule has 3 heterocycles. The lowest BCUT2D eigenvalue weighted by molar-refractivity contribution is -0.154. The summed E-state index contributed by atoms with van der Waals surface area (Å²) in [6.45, 7) is 6.88. The van der Waals surface area contributed by atoms with Crippen LogP contribution in [0.3, 0.4) is 0 Å². The van der Waals surface area contributed by atoms with E-state index in [1.807, 2.05) is 11.8 Å². The number of aliphatic carboxylic acids is 1. The molecule has 1 N–H and O–H groups in total. The molecule has 1 aromatic heterocycles. The number of hydrogen-bond acceptors (Lipinski definition) is 4. The van der Waals surface area contributed by atoms with Gasteiger partial charge in [0.15, 0.2) is 0 Å². The fourth-order valence-corrected chi connectivity index (χ4v) is 4.14. The van der Waals surface area contributed by atoms with Crippen molar-refractivity contribution in [1.29, 1.82) is 0 Å². The highest BCUT2D eigenvalue weighted by Gasteiger charge is 2.44. The van der Waals surface area contributed by atoms with Gasteiger partial charge in [-0.1, -0.05) is 0 Å². The summed E-state index contributed by atoms with van der Waals surface area (Å²) in [6, 6.07) is 0.966. The summed E-state index contributed by atoms with van der Waals surface area (Å²) in [5.41, 5.74) is 0.522. The summed E-state index contributed by atoms with van der Waals surface area (Å²) >= 11 is 0. The van der Waals surface area contributed by atoms with Gasteiger partial charge in [0, 0.05) is 26.1 Å². The van der Waals surface area contributed by atoms with Crippen molar-refractivity contribution in [1.82, 2.24) is 9.80 Å². The van der Waals surface area contributed by atoms with Crippen LogP contribution in [0.15, 0.2) is 10.5 Å². The monoisotopic (exact) mass is 362 g/mol. The van der Waals surface area contributed by atoms with E-state index in [1.54, 1.807) is 19.9 Å². The third-order valence-electron chi connectivity index (χ3n) is 5.90. The number of carbonyl (C=O) groups excluding carboxylic acids is 2. The van der Waals surface area contributed by atoms with Crippen LogP contribution < -0.4 is 0 Å². The second-order valence-electron chi connectivity index (χ2n) is 7.65. The molecule has 142 valence electrons. The smallest absolute Gasteiger partial charge is 0.326 e. The van der Waals surface area contributed by atoms with Gasteiger partial charge in [0.1, 0.15) is 17.6 Å². The first-order chi connectivity index (χ1) is 12.2. The molecule has 26 heavy (non-hydrogen) atoms. The normalized spacial score (nSPS) is 21.1. The predicted octanol–water partition coefficient (Wildman–Crippen LogP) is 2.21. The van der Waals surface area contributed by atoms with Crippen molar-refractivity contribution >= 4 is 17.8 Å². The number of likely N-dealkylation sites (tertiary alicyclic amines) is 2. The summed E-state index contributed by atoms with van der Waals surface area (Å²) in [6.07, 6.45) is 2.71. The van der Waals surface area contributed by atoms with Gasteiger partial charge >= 0.3 is 5.97 Å². The van der Waals surface area contributed by atoms with Crippen molar-refractivity contribution in [3.63, 3.8) is 0 Å². The number of hydrogen-bond donors (Lipinski definition) is 1. The van der Waals surface area contributed by atoms with E-state index in [9.17, 15) is 19.5 Å². The van der Waals surface area contributed by atoms with E-state index in [0.717, 1.165) is 25.0 Å². The van der Waals surface area contributed by atoms with E-state index in [0.29, 0.717) is 37.4 Å². The molecule has 0 bridgehead atoms. The van der Waals surface area contributed by atoms with Crippen molar-refractivity contribution in [2.45, 2.75) is 52.5 Å². The number of aryl methyl sites for hydroxylation is 2. The number of furan rings is 1. The van der Waals surface area contributed by atoms with E-state index in [2.05, 4.69) is 0 Å². The molecule has 2 aliphatic heterocycles. The Hall–Kier alpha value is -2.31. The average Bonchev–Trinajstić information content (AvgIpc) is 2.95. The van der Waals surface area contributed by atoms with E-state index >= 15 is 0 Å². The average molecular weight is 362 g/mol. The maximum absolute atomic E-state index is 12.7.